The molecular weight excluding hydrogens is 360 g/mol. The highest BCUT2D eigenvalue weighted by molar-refractivity contribution is 6.11. The minimum absolute atomic E-state index is 0.228. The summed E-state index contributed by atoms with van der Waals surface area (Å²) in [5, 5.41) is 10.7. The number of rotatable bonds is 4. The predicted octanol–water partition coefficient (Wildman–Crippen LogP) is 2.54. The van der Waals surface area contributed by atoms with E-state index in [4.69, 9.17) is 4.52 Å². The van der Waals surface area contributed by atoms with Gasteiger partial charge in [-0.2, -0.15) is 0 Å². The summed E-state index contributed by atoms with van der Waals surface area (Å²) in [5.74, 6) is -0.264. The number of anilines is 1. The molecule has 1 aromatic heterocycles. The first-order valence-electron chi connectivity index (χ1n) is 8.74. The molecule has 1 saturated heterocycles. The van der Waals surface area contributed by atoms with E-state index in [9.17, 15) is 14.4 Å². The maximum absolute atomic E-state index is 13.1. The van der Waals surface area contributed by atoms with Crippen LogP contribution in [0.25, 0.3) is 10.8 Å². The molecule has 2 N–H and O–H groups in total. The Morgan fingerprint density at radius 2 is 1.96 bits per heavy atom. The predicted molar refractivity (Wildman–Crippen MR) is 101 cm³/mol. The summed E-state index contributed by atoms with van der Waals surface area (Å²) in [6.07, 6.45) is 0. The lowest BCUT2D eigenvalue weighted by atomic mass is 9.88. The minimum atomic E-state index is -1.26. The topological polar surface area (TPSA) is 105 Å². The Balaban J connectivity index is 1.60. The number of fused-ring (bicyclic) bond motifs is 1. The number of imide groups is 1. The van der Waals surface area contributed by atoms with Crippen LogP contribution < -0.4 is 10.6 Å². The van der Waals surface area contributed by atoms with Gasteiger partial charge in [0.25, 0.3) is 5.91 Å². The zero-order chi connectivity index (χ0) is 19.9. The molecule has 1 aliphatic heterocycles. The molecule has 28 heavy (non-hydrogen) atoms. The number of nitrogens with one attached hydrogen (secondary N) is 2. The second-order valence-corrected chi connectivity index (χ2v) is 6.84. The number of nitrogens with zero attached hydrogens (tertiary/aromatic N) is 2. The Hall–Kier alpha value is -3.68. The number of hydrogen-bond donors (Lipinski definition) is 2. The van der Waals surface area contributed by atoms with Gasteiger partial charge in [0.15, 0.2) is 5.82 Å². The Morgan fingerprint density at radius 1 is 1.21 bits per heavy atom. The van der Waals surface area contributed by atoms with Crippen LogP contribution in [0.3, 0.4) is 0 Å². The number of hydrogen-bond acceptors (Lipinski definition) is 5. The number of aryl methyl sites for hydroxylation is 1. The third kappa shape index (κ3) is 2.88. The third-order valence-corrected chi connectivity index (χ3v) is 4.80. The smallest absolute Gasteiger partial charge is 0.325 e. The molecule has 0 spiro atoms. The van der Waals surface area contributed by atoms with Gasteiger partial charge in [0.1, 0.15) is 17.8 Å². The van der Waals surface area contributed by atoms with Gasteiger partial charge in [0, 0.05) is 6.07 Å². The second kappa shape index (κ2) is 6.49. The second-order valence-electron chi connectivity index (χ2n) is 6.84. The SMILES string of the molecule is Cc1cc(NC(=O)CN2C(=O)N[C@](C)(c3cccc4ccccc34)C2=O)no1. The molecule has 1 fully saturated rings. The molecule has 2 aromatic carbocycles. The van der Waals surface area contributed by atoms with Gasteiger partial charge in [-0.25, -0.2) is 4.79 Å². The average molecular weight is 378 g/mol. The van der Waals surface area contributed by atoms with Crippen molar-refractivity contribution in [3.05, 3.63) is 59.9 Å². The van der Waals surface area contributed by atoms with Crippen molar-refractivity contribution in [1.29, 1.82) is 0 Å². The quantitative estimate of drug-likeness (QED) is 0.679. The van der Waals surface area contributed by atoms with Gasteiger partial charge in [-0.15, -0.1) is 0 Å². The lowest BCUT2D eigenvalue weighted by Gasteiger charge is -2.24. The normalized spacial score (nSPS) is 19.1. The molecule has 3 aromatic rings. The fourth-order valence-corrected chi connectivity index (χ4v) is 3.44. The fraction of sp³-hybridized carbons (Fsp3) is 0.200. The minimum Gasteiger partial charge on any atom is -0.360 e. The van der Waals surface area contributed by atoms with Gasteiger partial charge >= 0.3 is 6.03 Å². The maximum atomic E-state index is 13.1. The van der Waals surface area contributed by atoms with Crippen molar-refractivity contribution in [3.8, 4) is 0 Å². The molecule has 4 amide bonds. The van der Waals surface area contributed by atoms with Gasteiger partial charge in [-0.3, -0.25) is 14.5 Å². The van der Waals surface area contributed by atoms with Gasteiger partial charge < -0.3 is 15.2 Å². The van der Waals surface area contributed by atoms with Crippen molar-refractivity contribution < 1.29 is 18.9 Å². The van der Waals surface area contributed by atoms with Crippen molar-refractivity contribution in [2.75, 3.05) is 11.9 Å². The van der Waals surface area contributed by atoms with Gasteiger partial charge in [0.05, 0.1) is 0 Å². The summed E-state index contributed by atoms with van der Waals surface area (Å²) < 4.78 is 4.88. The molecule has 0 aliphatic carbocycles. The summed E-state index contributed by atoms with van der Waals surface area (Å²) >= 11 is 0. The van der Waals surface area contributed by atoms with Crippen LogP contribution in [0, 0.1) is 6.92 Å². The molecule has 0 radical (unpaired) electrons. The van der Waals surface area contributed by atoms with Crippen LogP contribution >= 0.6 is 0 Å². The first-order chi connectivity index (χ1) is 13.4. The van der Waals surface area contributed by atoms with E-state index in [1.54, 1.807) is 19.9 Å². The van der Waals surface area contributed by atoms with Crippen molar-refractivity contribution in [1.82, 2.24) is 15.4 Å². The number of aromatic nitrogens is 1. The molecule has 8 heteroatoms. The maximum Gasteiger partial charge on any atom is 0.325 e. The summed E-state index contributed by atoms with van der Waals surface area (Å²) in [6.45, 7) is 2.92. The van der Waals surface area contributed by atoms with Gasteiger partial charge in [-0.05, 0) is 30.2 Å². The molecule has 1 aliphatic rings. The number of carbonyl (C=O) groups excluding carboxylic acids is 3. The number of urea groups is 1. The molecular formula is C20H18N4O4. The first kappa shape index (κ1) is 17.7. The van der Waals surface area contributed by atoms with Crippen LogP contribution in [0.1, 0.15) is 18.2 Å². The van der Waals surface area contributed by atoms with E-state index in [-0.39, 0.29) is 5.82 Å². The Bertz CT molecular complexity index is 1100. The lowest BCUT2D eigenvalue weighted by molar-refractivity contribution is -0.133. The van der Waals surface area contributed by atoms with Crippen molar-refractivity contribution in [2.24, 2.45) is 0 Å². The van der Waals surface area contributed by atoms with E-state index in [0.717, 1.165) is 15.7 Å². The van der Waals surface area contributed by atoms with Gasteiger partial charge in [0.2, 0.25) is 5.91 Å². The van der Waals surface area contributed by atoms with E-state index in [0.29, 0.717) is 11.3 Å². The molecule has 8 nitrogen and oxygen atoms in total. The first-order valence-corrected chi connectivity index (χ1v) is 8.74. The van der Waals surface area contributed by atoms with Crippen LogP contribution in [0.5, 0.6) is 0 Å². The zero-order valence-corrected chi connectivity index (χ0v) is 15.4. The highest BCUT2D eigenvalue weighted by Gasteiger charge is 2.50. The standard InChI is InChI=1S/C20H18N4O4/c1-12-10-16(23-28-12)21-17(25)11-24-18(26)20(2,22-19(24)27)15-9-5-7-13-6-3-4-8-14(13)15/h3-10H,11H2,1-2H3,(H,22,27)(H,21,23,25)/t20-/m1/s1. The number of carbonyl (C=O) groups is 3. The molecule has 142 valence electrons. The highest BCUT2D eigenvalue weighted by atomic mass is 16.5. The summed E-state index contributed by atoms with van der Waals surface area (Å²) in [6, 6.07) is 14.1. The van der Waals surface area contributed by atoms with E-state index >= 15 is 0 Å². The molecule has 0 saturated carbocycles. The summed E-state index contributed by atoms with van der Waals surface area (Å²) in [4.78, 5) is 38.8. The molecule has 4 rings (SSSR count). The fourth-order valence-electron chi connectivity index (χ4n) is 3.44. The largest absolute Gasteiger partial charge is 0.360 e. The van der Waals surface area contributed by atoms with E-state index < -0.39 is 29.9 Å². The zero-order valence-electron chi connectivity index (χ0n) is 15.4. The molecule has 0 bridgehead atoms. The summed E-state index contributed by atoms with van der Waals surface area (Å²) in [5.41, 5.74) is -0.582. The van der Waals surface area contributed by atoms with E-state index in [2.05, 4.69) is 15.8 Å². The highest BCUT2D eigenvalue weighted by Crippen LogP contribution is 2.33. The average Bonchev–Trinajstić information content (AvgIpc) is 3.17. The Morgan fingerprint density at radius 3 is 2.71 bits per heavy atom. The lowest BCUT2D eigenvalue weighted by Crippen LogP contribution is -2.42. The monoisotopic (exact) mass is 378 g/mol. The van der Waals surface area contributed by atoms with Crippen LogP contribution in [0.2, 0.25) is 0 Å². The molecule has 0 unspecified atom stereocenters. The van der Waals surface area contributed by atoms with Crippen LogP contribution in [0.4, 0.5) is 10.6 Å². The third-order valence-electron chi connectivity index (χ3n) is 4.80. The summed E-state index contributed by atoms with van der Waals surface area (Å²) in [7, 11) is 0. The number of amides is 4. The Kier molecular flexibility index (Phi) is 4.11. The molecule has 1 atom stereocenters. The van der Waals surface area contributed by atoms with Crippen molar-refractivity contribution in [3.63, 3.8) is 0 Å². The van der Waals surface area contributed by atoms with Gasteiger partial charge in [-0.1, -0.05) is 47.6 Å². The van der Waals surface area contributed by atoms with Crippen LogP contribution in [0.15, 0.2) is 53.1 Å². The number of benzene rings is 2. The van der Waals surface area contributed by atoms with Crippen molar-refractivity contribution >= 4 is 34.4 Å². The van der Waals surface area contributed by atoms with E-state index in [1.807, 2.05) is 42.5 Å². The van der Waals surface area contributed by atoms with E-state index in [1.165, 1.54) is 0 Å². The van der Waals surface area contributed by atoms with Crippen LogP contribution in [-0.4, -0.2) is 34.4 Å². The molecule has 2 heterocycles. The Labute approximate surface area is 160 Å². The van der Waals surface area contributed by atoms with Crippen molar-refractivity contribution in [2.45, 2.75) is 19.4 Å². The van der Waals surface area contributed by atoms with Crippen LogP contribution in [-0.2, 0) is 15.1 Å².